The van der Waals surface area contributed by atoms with E-state index in [-0.39, 0.29) is 0 Å². The zero-order valence-corrected chi connectivity index (χ0v) is 20.0. The number of halogens is 1. The molecule has 0 bridgehead atoms. The van der Waals surface area contributed by atoms with Crippen molar-refractivity contribution in [2.45, 2.75) is 31.7 Å². The molecule has 0 saturated heterocycles. The quantitative estimate of drug-likeness (QED) is 0.459. The van der Waals surface area contributed by atoms with Crippen molar-refractivity contribution >= 4 is 48.6 Å². The molecule has 0 unspecified atom stereocenters. The number of thiazole rings is 1. The van der Waals surface area contributed by atoms with E-state index in [2.05, 4.69) is 9.71 Å². The SMILES string of the molecule is CCN(C(=O)COC(=O)[C@@H](NS(=O)(=O)c1ccccc1F)C(C)C)c1nc2ccccc2s1. The van der Waals surface area contributed by atoms with Gasteiger partial charge in [0.25, 0.3) is 5.91 Å². The number of benzene rings is 2. The van der Waals surface area contributed by atoms with Crippen LogP contribution in [0.2, 0.25) is 0 Å². The Labute approximate surface area is 195 Å². The second-order valence-electron chi connectivity index (χ2n) is 7.48. The van der Waals surface area contributed by atoms with Crippen LogP contribution in [0.15, 0.2) is 53.4 Å². The third-order valence-electron chi connectivity index (χ3n) is 4.80. The predicted octanol–water partition coefficient (Wildman–Crippen LogP) is 3.33. The number of carbonyl (C=O) groups is 2. The second kappa shape index (κ2) is 10.4. The second-order valence-corrected chi connectivity index (χ2v) is 10.2. The minimum Gasteiger partial charge on any atom is -0.454 e. The highest BCUT2D eigenvalue weighted by molar-refractivity contribution is 7.89. The normalized spacial score (nSPS) is 12.6. The summed E-state index contributed by atoms with van der Waals surface area (Å²) in [5.41, 5.74) is 0.753. The first-order valence-corrected chi connectivity index (χ1v) is 12.5. The van der Waals surface area contributed by atoms with Gasteiger partial charge in [0.2, 0.25) is 10.0 Å². The molecule has 11 heteroatoms. The summed E-state index contributed by atoms with van der Waals surface area (Å²) in [6.07, 6.45) is 0. The van der Waals surface area contributed by atoms with E-state index in [1.54, 1.807) is 20.8 Å². The van der Waals surface area contributed by atoms with E-state index in [1.165, 1.54) is 28.4 Å². The maximum Gasteiger partial charge on any atom is 0.324 e. The molecule has 3 aromatic rings. The maximum atomic E-state index is 14.0. The van der Waals surface area contributed by atoms with Crippen LogP contribution >= 0.6 is 11.3 Å². The highest BCUT2D eigenvalue weighted by Crippen LogP contribution is 2.28. The number of ether oxygens (including phenoxy) is 1. The molecule has 3 rings (SSSR count). The molecule has 0 fully saturated rings. The highest BCUT2D eigenvalue weighted by Gasteiger charge is 2.32. The van der Waals surface area contributed by atoms with Gasteiger partial charge in [-0.25, -0.2) is 17.8 Å². The van der Waals surface area contributed by atoms with E-state index in [0.29, 0.717) is 11.7 Å². The van der Waals surface area contributed by atoms with Crippen LogP contribution in [0.25, 0.3) is 10.2 Å². The first-order chi connectivity index (χ1) is 15.6. The molecule has 8 nitrogen and oxygen atoms in total. The van der Waals surface area contributed by atoms with Gasteiger partial charge < -0.3 is 4.74 Å². The van der Waals surface area contributed by atoms with Gasteiger partial charge in [-0.3, -0.25) is 14.5 Å². The Morgan fingerprint density at radius 3 is 2.45 bits per heavy atom. The minimum atomic E-state index is -4.33. The van der Waals surface area contributed by atoms with Gasteiger partial charge in [0.1, 0.15) is 16.8 Å². The van der Waals surface area contributed by atoms with Gasteiger partial charge in [-0.1, -0.05) is 49.4 Å². The highest BCUT2D eigenvalue weighted by atomic mass is 32.2. The number of fused-ring (bicyclic) bond motifs is 1. The molecule has 1 amide bonds. The molecule has 2 aromatic carbocycles. The molecule has 176 valence electrons. The lowest BCUT2D eigenvalue weighted by atomic mass is 10.1. The largest absolute Gasteiger partial charge is 0.454 e. The van der Waals surface area contributed by atoms with E-state index in [1.807, 2.05) is 24.3 Å². The van der Waals surface area contributed by atoms with Crippen LogP contribution in [0, 0.1) is 11.7 Å². The van der Waals surface area contributed by atoms with Crippen LogP contribution in [-0.4, -0.2) is 44.5 Å². The van der Waals surface area contributed by atoms with Crippen LogP contribution in [-0.2, 0) is 24.3 Å². The molecule has 0 aliphatic heterocycles. The summed E-state index contributed by atoms with van der Waals surface area (Å²) in [4.78, 5) is 30.6. The number of esters is 1. The van der Waals surface area contributed by atoms with Crippen LogP contribution in [0.4, 0.5) is 9.52 Å². The average molecular weight is 494 g/mol. The Morgan fingerprint density at radius 1 is 1.15 bits per heavy atom. The van der Waals surface area contributed by atoms with E-state index in [9.17, 15) is 22.4 Å². The number of amides is 1. The zero-order valence-electron chi connectivity index (χ0n) is 18.3. The van der Waals surface area contributed by atoms with Crippen molar-refractivity contribution in [3.05, 3.63) is 54.3 Å². The summed E-state index contributed by atoms with van der Waals surface area (Å²) in [5.74, 6) is -2.88. The molecule has 0 aliphatic carbocycles. The first-order valence-electron chi connectivity index (χ1n) is 10.2. The Morgan fingerprint density at radius 2 is 1.82 bits per heavy atom. The summed E-state index contributed by atoms with van der Waals surface area (Å²) in [6, 6.07) is 11.0. The summed E-state index contributed by atoms with van der Waals surface area (Å²) in [5, 5.41) is 0.473. The molecule has 1 N–H and O–H groups in total. The van der Waals surface area contributed by atoms with Gasteiger partial charge in [-0.15, -0.1) is 0 Å². The van der Waals surface area contributed by atoms with Gasteiger partial charge in [-0.05, 0) is 37.1 Å². The molecule has 0 saturated carbocycles. The zero-order chi connectivity index (χ0) is 24.2. The fourth-order valence-electron chi connectivity index (χ4n) is 3.04. The number of nitrogens with zero attached hydrogens (tertiary/aromatic N) is 2. The number of sulfonamides is 1. The number of anilines is 1. The van der Waals surface area contributed by atoms with Crippen molar-refractivity contribution in [2.75, 3.05) is 18.1 Å². The van der Waals surface area contributed by atoms with Crippen molar-refractivity contribution in [3.8, 4) is 0 Å². The van der Waals surface area contributed by atoms with E-state index >= 15 is 0 Å². The number of hydrogen-bond donors (Lipinski definition) is 1. The standard InChI is InChI=1S/C22H24FN3O5S2/c1-4-26(22-24-16-10-6-7-11-17(16)32-22)19(27)13-31-21(28)20(14(2)3)25-33(29,30)18-12-8-5-9-15(18)23/h5-12,14,20,25H,4,13H2,1-3H3/t20-/m0/s1. The number of nitrogens with one attached hydrogen (secondary N) is 1. The number of aromatic nitrogens is 1. The summed E-state index contributed by atoms with van der Waals surface area (Å²) < 4.78 is 47.4. The first kappa shape index (κ1) is 24.7. The molecule has 1 atom stereocenters. The molecular weight excluding hydrogens is 469 g/mol. The molecular formula is C22H24FN3O5S2. The average Bonchev–Trinajstić information content (AvgIpc) is 3.20. The van der Waals surface area contributed by atoms with Gasteiger partial charge >= 0.3 is 5.97 Å². The molecule has 0 spiro atoms. The van der Waals surface area contributed by atoms with E-state index < -0.39 is 51.2 Å². The number of carbonyl (C=O) groups excluding carboxylic acids is 2. The maximum absolute atomic E-state index is 14.0. The van der Waals surface area contributed by atoms with Gasteiger partial charge in [-0.2, -0.15) is 4.72 Å². The van der Waals surface area contributed by atoms with Crippen molar-refractivity contribution < 1.29 is 27.1 Å². The van der Waals surface area contributed by atoms with Crippen LogP contribution < -0.4 is 9.62 Å². The lowest BCUT2D eigenvalue weighted by molar-refractivity contribution is -0.150. The summed E-state index contributed by atoms with van der Waals surface area (Å²) in [7, 11) is -4.33. The van der Waals surface area contributed by atoms with Crippen molar-refractivity contribution in [1.82, 2.24) is 9.71 Å². The third kappa shape index (κ3) is 5.73. The topological polar surface area (TPSA) is 106 Å². The number of rotatable bonds is 9. The Bertz CT molecular complexity index is 1230. The Hall–Kier alpha value is -2.89. The molecule has 1 aromatic heterocycles. The van der Waals surface area contributed by atoms with E-state index in [4.69, 9.17) is 4.74 Å². The van der Waals surface area contributed by atoms with Crippen molar-refractivity contribution in [3.63, 3.8) is 0 Å². The van der Waals surface area contributed by atoms with Gasteiger partial charge in [0, 0.05) is 6.54 Å². The number of hydrogen-bond acceptors (Lipinski definition) is 7. The fraction of sp³-hybridized carbons (Fsp3) is 0.318. The Balaban J connectivity index is 1.70. The minimum absolute atomic E-state index is 0.309. The fourth-order valence-corrected chi connectivity index (χ4v) is 5.50. The van der Waals surface area contributed by atoms with Crippen LogP contribution in [0.5, 0.6) is 0 Å². The van der Waals surface area contributed by atoms with Crippen molar-refractivity contribution in [1.29, 1.82) is 0 Å². The van der Waals surface area contributed by atoms with Gasteiger partial charge in [0.15, 0.2) is 11.7 Å². The van der Waals surface area contributed by atoms with Gasteiger partial charge in [0.05, 0.1) is 10.2 Å². The monoisotopic (exact) mass is 493 g/mol. The lowest BCUT2D eigenvalue weighted by Crippen LogP contribution is -2.46. The summed E-state index contributed by atoms with van der Waals surface area (Å²) >= 11 is 1.34. The molecule has 1 heterocycles. The smallest absolute Gasteiger partial charge is 0.324 e. The van der Waals surface area contributed by atoms with Crippen molar-refractivity contribution in [2.24, 2.45) is 5.92 Å². The lowest BCUT2D eigenvalue weighted by Gasteiger charge is -2.22. The van der Waals surface area contributed by atoms with E-state index in [0.717, 1.165) is 22.3 Å². The molecule has 0 radical (unpaired) electrons. The van der Waals surface area contributed by atoms with Crippen LogP contribution in [0.1, 0.15) is 20.8 Å². The third-order valence-corrected chi connectivity index (χ3v) is 7.33. The number of para-hydroxylation sites is 1. The van der Waals surface area contributed by atoms with Crippen LogP contribution in [0.3, 0.4) is 0 Å². The predicted molar refractivity (Wildman–Crippen MR) is 124 cm³/mol. The Kier molecular flexibility index (Phi) is 7.77. The summed E-state index contributed by atoms with van der Waals surface area (Å²) in [6.45, 7) is 4.70. The number of likely N-dealkylation sites (N-methyl/N-ethyl adjacent to an activating group) is 1. The molecule has 33 heavy (non-hydrogen) atoms. The molecule has 0 aliphatic rings.